The highest BCUT2D eigenvalue weighted by Crippen LogP contribution is 2.40. The highest BCUT2D eigenvalue weighted by molar-refractivity contribution is 6.45. The standard InChI is InChI=1S/C25H34BNO2/c1-19(20-13-15-23(16-14-20)27(6)7)17-22(21-11-9-8-10-12-21)18-26-28-24(2,3)25(4,5)29-26/h8-17,22H,18H2,1-7H3/b19-17+/t22-/m1/s1. The fourth-order valence-corrected chi connectivity index (χ4v) is 3.69. The molecule has 3 nitrogen and oxygen atoms in total. The van der Waals surface area contributed by atoms with Crippen molar-refractivity contribution in [1.82, 2.24) is 0 Å². The van der Waals surface area contributed by atoms with Gasteiger partial charge in [-0.2, -0.15) is 0 Å². The number of benzene rings is 2. The fraction of sp³-hybridized carbons (Fsp3) is 0.440. The highest BCUT2D eigenvalue weighted by Gasteiger charge is 2.51. The van der Waals surface area contributed by atoms with Crippen LogP contribution in [0.25, 0.3) is 5.57 Å². The van der Waals surface area contributed by atoms with Crippen molar-refractivity contribution in [3.63, 3.8) is 0 Å². The van der Waals surface area contributed by atoms with Crippen molar-refractivity contribution in [2.45, 2.75) is 58.1 Å². The summed E-state index contributed by atoms with van der Waals surface area (Å²) in [6, 6.07) is 19.4. The maximum Gasteiger partial charge on any atom is 0.458 e. The Morgan fingerprint density at radius 1 is 0.931 bits per heavy atom. The molecular formula is C25H34BNO2. The van der Waals surface area contributed by atoms with E-state index in [0.29, 0.717) is 0 Å². The zero-order chi connectivity index (χ0) is 21.2. The average molecular weight is 391 g/mol. The quantitative estimate of drug-likeness (QED) is 0.561. The lowest BCUT2D eigenvalue weighted by Crippen LogP contribution is -2.41. The lowest BCUT2D eigenvalue weighted by atomic mass is 9.74. The van der Waals surface area contributed by atoms with E-state index in [1.165, 1.54) is 22.4 Å². The van der Waals surface area contributed by atoms with E-state index in [9.17, 15) is 0 Å². The average Bonchev–Trinajstić information content (AvgIpc) is 2.88. The molecular weight excluding hydrogens is 357 g/mol. The van der Waals surface area contributed by atoms with Gasteiger partial charge in [0.25, 0.3) is 0 Å². The Kier molecular flexibility index (Phi) is 6.26. The first kappa shape index (κ1) is 21.7. The molecule has 1 aliphatic rings. The molecule has 0 radical (unpaired) electrons. The molecule has 0 aliphatic carbocycles. The van der Waals surface area contributed by atoms with Gasteiger partial charge < -0.3 is 14.2 Å². The van der Waals surface area contributed by atoms with Crippen molar-refractivity contribution in [2.75, 3.05) is 19.0 Å². The predicted octanol–water partition coefficient (Wildman–Crippen LogP) is 6.03. The molecule has 154 valence electrons. The third-order valence-electron chi connectivity index (χ3n) is 6.27. The molecule has 1 fully saturated rings. The Bertz CT molecular complexity index is 825. The van der Waals surface area contributed by atoms with Gasteiger partial charge in [-0.3, -0.25) is 0 Å². The normalized spacial score (nSPS) is 19.3. The molecule has 29 heavy (non-hydrogen) atoms. The van der Waals surface area contributed by atoms with Gasteiger partial charge in [-0.1, -0.05) is 48.5 Å². The van der Waals surface area contributed by atoms with E-state index >= 15 is 0 Å². The van der Waals surface area contributed by atoms with Gasteiger partial charge in [0.05, 0.1) is 11.2 Å². The summed E-state index contributed by atoms with van der Waals surface area (Å²) in [6.07, 6.45) is 3.15. The first-order valence-corrected chi connectivity index (χ1v) is 10.5. The second kappa shape index (κ2) is 8.37. The Hall–Kier alpha value is -2.04. The summed E-state index contributed by atoms with van der Waals surface area (Å²) in [5.74, 6) is 0.222. The van der Waals surface area contributed by atoms with Gasteiger partial charge in [-0.15, -0.1) is 0 Å². The van der Waals surface area contributed by atoms with Crippen LogP contribution in [0.3, 0.4) is 0 Å². The van der Waals surface area contributed by atoms with Gasteiger partial charge in [-0.05, 0) is 69.8 Å². The summed E-state index contributed by atoms with van der Waals surface area (Å²) in [5, 5.41) is 0. The van der Waals surface area contributed by atoms with Crippen LogP contribution < -0.4 is 4.90 Å². The summed E-state index contributed by atoms with van der Waals surface area (Å²) in [7, 11) is 3.91. The minimum atomic E-state index is -0.306. The van der Waals surface area contributed by atoms with E-state index < -0.39 is 0 Å². The number of anilines is 1. The van der Waals surface area contributed by atoms with Crippen LogP contribution in [-0.2, 0) is 9.31 Å². The molecule has 0 bridgehead atoms. The molecule has 0 N–H and O–H groups in total. The molecule has 1 saturated heterocycles. The van der Waals surface area contributed by atoms with E-state index in [1.807, 2.05) is 0 Å². The van der Waals surface area contributed by atoms with Crippen molar-refractivity contribution >= 4 is 18.4 Å². The molecule has 1 aliphatic heterocycles. The zero-order valence-corrected chi connectivity index (χ0v) is 18.9. The Labute approximate surface area is 176 Å². The largest absolute Gasteiger partial charge is 0.458 e. The van der Waals surface area contributed by atoms with E-state index in [4.69, 9.17) is 9.31 Å². The van der Waals surface area contributed by atoms with Crippen molar-refractivity contribution in [3.8, 4) is 0 Å². The van der Waals surface area contributed by atoms with Crippen LogP contribution in [0.4, 0.5) is 5.69 Å². The highest BCUT2D eigenvalue weighted by atomic mass is 16.7. The summed E-state index contributed by atoms with van der Waals surface area (Å²) in [4.78, 5) is 2.12. The van der Waals surface area contributed by atoms with Crippen molar-refractivity contribution in [1.29, 1.82) is 0 Å². The molecule has 4 heteroatoms. The summed E-state index contributed by atoms with van der Waals surface area (Å²) >= 11 is 0. The van der Waals surface area contributed by atoms with Crippen LogP contribution >= 0.6 is 0 Å². The van der Waals surface area contributed by atoms with Crippen LogP contribution in [0.1, 0.15) is 51.7 Å². The fourth-order valence-electron chi connectivity index (χ4n) is 3.69. The van der Waals surface area contributed by atoms with Crippen LogP contribution in [0, 0.1) is 0 Å². The topological polar surface area (TPSA) is 21.7 Å². The Morgan fingerprint density at radius 3 is 2.00 bits per heavy atom. The van der Waals surface area contributed by atoms with Crippen LogP contribution in [0.15, 0.2) is 60.7 Å². The SMILES string of the molecule is C/C(=C\[C@H](CB1OC(C)(C)C(C)(C)O1)c1ccccc1)c1ccc(N(C)C)cc1. The van der Waals surface area contributed by atoms with E-state index in [1.54, 1.807) is 0 Å². The lowest BCUT2D eigenvalue weighted by molar-refractivity contribution is 0.00578. The minimum Gasteiger partial charge on any atom is -0.403 e. The van der Waals surface area contributed by atoms with Crippen molar-refractivity contribution in [2.24, 2.45) is 0 Å². The molecule has 2 aromatic carbocycles. The third kappa shape index (κ3) is 4.94. The first-order chi connectivity index (χ1) is 13.6. The van der Waals surface area contributed by atoms with Crippen LogP contribution in [0.2, 0.25) is 6.32 Å². The van der Waals surface area contributed by atoms with E-state index in [2.05, 4.69) is 114 Å². The number of allylic oxidation sites excluding steroid dienone is 2. The predicted molar refractivity (Wildman–Crippen MR) is 124 cm³/mol. The number of hydrogen-bond donors (Lipinski definition) is 0. The molecule has 0 unspecified atom stereocenters. The molecule has 0 saturated carbocycles. The van der Waals surface area contributed by atoms with E-state index in [0.717, 1.165) is 6.32 Å². The second-order valence-corrected chi connectivity index (χ2v) is 9.23. The molecule has 0 spiro atoms. The first-order valence-electron chi connectivity index (χ1n) is 10.5. The third-order valence-corrected chi connectivity index (χ3v) is 6.27. The number of nitrogens with zero attached hydrogens (tertiary/aromatic N) is 1. The van der Waals surface area contributed by atoms with Crippen molar-refractivity contribution in [3.05, 3.63) is 71.8 Å². The van der Waals surface area contributed by atoms with Gasteiger partial charge in [0.2, 0.25) is 0 Å². The van der Waals surface area contributed by atoms with Gasteiger partial charge in [0.15, 0.2) is 0 Å². The lowest BCUT2D eigenvalue weighted by Gasteiger charge is -2.32. The summed E-state index contributed by atoms with van der Waals surface area (Å²) < 4.78 is 12.6. The molecule has 0 aromatic heterocycles. The molecule has 3 rings (SSSR count). The van der Waals surface area contributed by atoms with Crippen LogP contribution in [-0.4, -0.2) is 32.4 Å². The van der Waals surface area contributed by atoms with Crippen LogP contribution in [0.5, 0.6) is 0 Å². The number of rotatable bonds is 6. The molecule has 1 heterocycles. The minimum absolute atomic E-state index is 0.217. The number of hydrogen-bond acceptors (Lipinski definition) is 3. The molecule has 1 atom stereocenters. The maximum atomic E-state index is 6.29. The molecule has 2 aromatic rings. The summed E-state index contributed by atoms with van der Waals surface area (Å²) in [6.45, 7) is 10.6. The van der Waals surface area contributed by atoms with Crippen molar-refractivity contribution < 1.29 is 9.31 Å². The van der Waals surface area contributed by atoms with E-state index in [-0.39, 0.29) is 24.2 Å². The Morgan fingerprint density at radius 2 is 1.48 bits per heavy atom. The van der Waals surface area contributed by atoms with Gasteiger partial charge >= 0.3 is 7.12 Å². The second-order valence-electron chi connectivity index (χ2n) is 9.23. The zero-order valence-electron chi connectivity index (χ0n) is 18.9. The van der Waals surface area contributed by atoms with Gasteiger partial charge in [0.1, 0.15) is 0 Å². The van der Waals surface area contributed by atoms with Gasteiger partial charge in [0, 0.05) is 25.7 Å². The monoisotopic (exact) mass is 391 g/mol. The maximum absolute atomic E-state index is 6.29. The Balaban J connectivity index is 1.85. The smallest absolute Gasteiger partial charge is 0.403 e. The van der Waals surface area contributed by atoms with Gasteiger partial charge in [-0.25, -0.2) is 0 Å². The summed E-state index contributed by atoms with van der Waals surface area (Å²) in [5.41, 5.74) is 4.38. The molecule has 0 amide bonds.